The van der Waals surface area contributed by atoms with Crippen LogP contribution in [-0.2, 0) is 0 Å². The third kappa shape index (κ3) is 3.30. The van der Waals surface area contributed by atoms with E-state index in [-0.39, 0.29) is 5.78 Å². The molecule has 0 radical (unpaired) electrons. The normalized spacial score (nSPS) is 10.4. The first-order valence-electron chi connectivity index (χ1n) is 6.26. The summed E-state index contributed by atoms with van der Waals surface area (Å²) in [7, 11) is 0. The van der Waals surface area contributed by atoms with Gasteiger partial charge in [-0.2, -0.15) is 0 Å². The van der Waals surface area contributed by atoms with E-state index in [1.165, 1.54) is 0 Å². The zero-order valence-corrected chi connectivity index (χ0v) is 14.4. The minimum Gasteiger partial charge on any atom is -0.493 e. The van der Waals surface area contributed by atoms with Gasteiger partial charge in [0.25, 0.3) is 0 Å². The highest BCUT2D eigenvalue weighted by Crippen LogP contribution is 2.27. The summed E-state index contributed by atoms with van der Waals surface area (Å²) in [4.78, 5) is 12.6. The monoisotopic (exact) mass is 396 g/mol. The molecule has 0 atom stereocenters. The van der Waals surface area contributed by atoms with Crippen molar-refractivity contribution < 1.29 is 9.53 Å². The molecule has 2 nitrogen and oxygen atoms in total. The molecule has 0 heterocycles. The number of carbonyl (C=O) groups excluding carboxylic acids is 1. The van der Waals surface area contributed by atoms with E-state index < -0.39 is 0 Å². The van der Waals surface area contributed by atoms with E-state index in [1.54, 1.807) is 6.07 Å². The molecule has 2 aromatic carbocycles. The van der Waals surface area contributed by atoms with Crippen LogP contribution in [0.5, 0.6) is 5.75 Å². The van der Waals surface area contributed by atoms with E-state index in [4.69, 9.17) is 4.74 Å². The van der Waals surface area contributed by atoms with Crippen LogP contribution in [0, 0.1) is 6.92 Å². The quantitative estimate of drug-likeness (QED) is 0.667. The maximum atomic E-state index is 12.6. The van der Waals surface area contributed by atoms with Crippen LogP contribution in [0.2, 0.25) is 0 Å². The van der Waals surface area contributed by atoms with E-state index in [0.29, 0.717) is 23.5 Å². The Hall–Kier alpha value is -1.13. The second-order valence-corrected chi connectivity index (χ2v) is 6.14. The number of rotatable bonds is 4. The molecule has 0 spiro atoms. The van der Waals surface area contributed by atoms with Crippen molar-refractivity contribution in [3.05, 3.63) is 62.0 Å². The van der Waals surface area contributed by atoms with Gasteiger partial charge in [-0.3, -0.25) is 4.79 Å². The van der Waals surface area contributed by atoms with Gasteiger partial charge in [-0.15, -0.1) is 0 Å². The molecule has 0 N–H and O–H groups in total. The highest BCUT2D eigenvalue weighted by Gasteiger charge is 2.16. The van der Waals surface area contributed by atoms with Crippen LogP contribution >= 0.6 is 31.9 Å². The Balaban J connectivity index is 2.46. The molecule has 4 heteroatoms. The van der Waals surface area contributed by atoms with Gasteiger partial charge < -0.3 is 4.74 Å². The van der Waals surface area contributed by atoms with Crippen molar-refractivity contribution in [1.29, 1.82) is 0 Å². The molecule has 104 valence electrons. The molecule has 0 unspecified atom stereocenters. The van der Waals surface area contributed by atoms with E-state index in [9.17, 15) is 4.79 Å². The Labute approximate surface area is 135 Å². The average Bonchev–Trinajstić information content (AvgIpc) is 2.43. The molecule has 0 aliphatic rings. The fourth-order valence-electron chi connectivity index (χ4n) is 1.90. The molecule has 2 rings (SSSR count). The van der Waals surface area contributed by atoms with E-state index in [2.05, 4.69) is 31.9 Å². The predicted molar refractivity (Wildman–Crippen MR) is 87.6 cm³/mol. The summed E-state index contributed by atoms with van der Waals surface area (Å²) in [5, 5.41) is 0. The van der Waals surface area contributed by atoms with Gasteiger partial charge in [0.2, 0.25) is 0 Å². The molecule has 0 fully saturated rings. The van der Waals surface area contributed by atoms with Crippen molar-refractivity contribution in [2.45, 2.75) is 13.8 Å². The van der Waals surface area contributed by atoms with Gasteiger partial charge in [-0.1, -0.05) is 31.9 Å². The fourth-order valence-corrected chi connectivity index (χ4v) is 2.51. The molecule has 0 amide bonds. The largest absolute Gasteiger partial charge is 0.493 e. The Morgan fingerprint density at radius 1 is 1.15 bits per heavy atom. The van der Waals surface area contributed by atoms with Crippen molar-refractivity contribution in [3.8, 4) is 5.75 Å². The van der Waals surface area contributed by atoms with Gasteiger partial charge in [-0.05, 0) is 55.8 Å². The third-order valence-corrected chi connectivity index (χ3v) is 4.29. The Bertz CT molecular complexity index is 651. The highest BCUT2D eigenvalue weighted by atomic mass is 79.9. The van der Waals surface area contributed by atoms with Gasteiger partial charge in [0.15, 0.2) is 5.78 Å². The summed E-state index contributed by atoms with van der Waals surface area (Å²) >= 11 is 6.84. The maximum Gasteiger partial charge on any atom is 0.196 e. The fraction of sp³-hybridized carbons (Fsp3) is 0.188. The lowest BCUT2D eigenvalue weighted by Crippen LogP contribution is -2.06. The highest BCUT2D eigenvalue weighted by molar-refractivity contribution is 9.10. The number of benzene rings is 2. The summed E-state index contributed by atoms with van der Waals surface area (Å²) < 4.78 is 7.39. The molecule has 0 aliphatic heterocycles. The van der Waals surface area contributed by atoms with Gasteiger partial charge in [-0.25, -0.2) is 0 Å². The van der Waals surface area contributed by atoms with E-state index in [0.717, 1.165) is 14.5 Å². The van der Waals surface area contributed by atoms with Crippen LogP contribution in [0.25, 0.3) is 0 Å². The molecule has 0 saturated heterocycles. The molecule has 0 bridgehead atoms. The van der Waals surface area contributed by atoms with Gasteiger partial charge in [0.05, 0.1) is 12.2 Å². The molecule has 2 aromatic rings. The maximum absolute atomic E-state index is 12.6. The molecular weight excluding hydrogens is 384 g/mol. The van der Waals surface area contributed by atoms with Crippen LogP contribution in [0.1, 0.15) is 28.4 Å². The van der Waals surface area contributed by atoms with Crippen LogP contribution in [0.4, 0.5) is 0 Å². The number of aryl methyl sites for hydroxylation is 1. The van der Waals surface area contributed by atoms with Crippen LogP contribution in [-0.4, -0.2) is 12.4 Å². The molecule has 0 aromatic heterocycles. The average molecular weight is 398 g/mol. The summed E-state index contributed by atoms with van der Waals surface area (Å²) in [6.45, 7) is 4.40. The minimum absolute atomic E-state index is 0.0367. The van der Waals surface area contributed by atoms with Crippen molar-refractivity contribution >= 4 is 37.6 Å². The number of ether oxygens (including phenoxy) is 1. The van der Waals surface area contributed by atoms with E-state index >= 15 is 0 Å². The van der Waals surface area contributed by atoms with Crippen LogP contribution in [0.3, 0.4) is 0 Å². The second-order valence-electron chi connectivity index (χ2n) is 4.37. The Morgan fingerprint density at radius 2 is 1.90 bits per heavy atom. The lowest BCUT2D eigenvalue weighted by molar-refractivity contribution is 0.103. The minimum atomic E-state index is -0.0367. The van der Waals surface area contributed by atoms with Crippen molar-refractivity contribution in [1.82, 2.24) is 0 Å². The standard InChI is InChI=1S/C16H14Br2O2/c1-3-20-15-7-5-12(17)9-13(15)16(19)11-4-6-14(18)10(2)8-11/h4-9H,3H2,1-2H3. The van der Waals surface area contributed by atoms with Crippen LogP contribution < -0.4 is 4.74 Å². The first-order valence-corrected chi connectivity index (χ1v) is 7.84. The first-order chi connectivity index (χ1) is 9.52. The van der Waals surface area contributed by atoms with Crippen molar-refractivity contribution in [2.75, 3.05) is 6.61 Å². The van der Waals surface area contributed by atoms with Gasteiger partial charge in [0, 0.05) is 14.5 Å². The topological polar surface area (TPSA) is 26.3 Å². The summed E-state index contributed by atoms with van der Waals surface area (Å²) in [6.07, 6.45) is 0. The van der Waals surface area contributed by atoms with Crippen molar-refractivity contribution in [2.24, 2.45) is 0 Å². The molecule has 20 heavy (non-hydrogen) atoms. The Morgan fingerprint density at radius 3 is 2.55 bits per heavy atom. The SMILES string of the molecule is CCOc1ccc(Br)cc1C(=O)c1ccc(Br)c(C)c1. The number of carbonyl (C=O) groups is 1. The second kappa shape index (κ2) is 6.55. The summed E-state index contributed by atoms with van der Waals surface area (Å²) in [5.41, 5.74) is 2.26. The lowest BCUT2D eigenvalue weighted by atomic mass is 10.0. The van der Waals surface area contributed by atoms with Gasteiger partial charge >= 0.3 is 0 Å². The zero-order chi connectivity index (χ0) is 14.7. The van der Waals surface area contributed by atoms with E-state index in [1.807, 2.05) is 44.2 Å². The number of hydrogen-bond donors (Lipinski definition) is 0. The summed E-state index contributed by atoms with van der Waals surface area (Å²) in [6, 6.07) is 11.1. The number of hydrogen-bond acceptors (Lipinski definition) is 2. The first kappa shape index (κ1) is 15.3. The molecule has 0 saturated carbocycles. The third-order valence-electron chi connectivity index (χ3n) is 2.91. The Kier molecular flexibility index (Phi) is 5.00. The smallest absolute Gasteiger partial charge is 0.196 e. The lowest BCUT2D eigenvalue weighted by Gasteiger charge is -2.10. The predicted octanol–water partition coefficient (Wildman–Crippen LogP) is 5.15. The summed E-state index contributed by atoms with van der Waals surface area (Å²) in [5.74, 6) is 0.576. The molecular formula is C16H14Br2O2. The molecule has 0 aliphatic carbocycles. The van der Waals surface area contributed by atoms with Gasteiger partial charge in [0.1, 0.15) is 5.75 Å². The number of halogens is 2. The van der Waals surface area contributed by atoms with Crippen LogP contribution in [0.15, 0.2) is 45.3 Å². The zero-order valence-electron chi connectivity index (χ0n) is 11.2. The number of ketones is 1. The van der Waals surface area contributed by atoms with Crippen molar-refractivity contribution in [3.63, 3.8) is 0 Å².